The highest BCUT2D eigenvalue weighted by molar-refractivity contribution is 6.01. The van der Waals surface area contributed by atoms with Crippen molar-refractivity contribution in [1.82, 2.24) is 9.78 Å². The van der Waals surface area contributed by atoms with Crippen molar-refractivity contribution in [2.75, 3.05) is 12.4 Å². The van der Waals surface area contributed by atoms with Crippen LogP contribution < -0.4 is 15.6 Å². The standard InChI is InChI=1S/C25H25N3O3/c1-25(2)13-17-21(18(29)14-25)20(16-11-7-8-12-19(16)31-3)22-23(26-17)27-28(24(22)30)15-9-5-4-6-10-15/h4-12,20,26-27H,13-14H2,1-3H3. The molecule has 2 aromatic carbocycles. The number of methoxy groups -OCH3 is 1. The van der Waals surface area contributed by atoms with Gasteiger partial charge in [0.2, 0.25) is 0 Å². The molecule has 31 heavy (non-hydrogen) atoms. The maximum atomic E-state index is 13.6. The molecule has 0 fully saturated rings. The molecule has 6 heteroatoms. The molecule has 0 amide bonds. The molecule has 1 aliphatic heterocycles. The number of rotatable bonds is 3. The molecule has 6 nitrogen and oxygen atoms in total. The third-order valence-corrected chi connectivity index (χ3v) is 6.16. The third kappa shape index (κ3) is 3.10. The van der Waals surface area contributed by atoms with Crippen molar-refractivity contribution < 1.29 is 9.53 Å². The number of carbonyl (C=O) groups excluding carboxylic acids is 1. The number of H-pyrrole nitrogens is 1. The van der Waals surface area contributed by atoms with Gasteiger partial charge in [0.1, 0.15) is 11.6 Å². The first-order valence-electron chi connectivity index (χ1n) is 10.5. The molecule has 0 bridgehead atoms. The van der Waals surface area contributed by atoms with Crippen molar-refractivity contribution in [3.8, 4) is 11.4 Å². The molecule has 0 spiro atoms. The van der Waals surface area contributed by atoms with Crippen LogP contribution in [0.15, 0.2) is 70.7 Å². The Morgan fingerprint density at radius 2 is 1.71 bits per heavy atom. The molecule has 0 saturated carbocycles. The number of aromatic nitrogens is 2. The van der Waals surface area contributed by atoms with E-state index in [1.165, 1.54) is 4.68 Å². The predicted molar refractivity (Wildman–Crippen MR) is 120 cm³/mol. The maximum absolute atomic E-state index is 13.6. The van der Waals surface area contributed by atoms with E-state index in [2.05, 4.69) is 24.3 Å². The zero-order valence-corrected chi connectivity index (χ0v) is 17.9. The largest absolute Gasteiger partial charge is 0.496 e. The van der Waals surface area contributed by atoms with Crippen molar-refractivity contribution in [1.29, 1.82) is 0 Å². The molecule has 158 valence electrons. The summed E-state index contributed by atoms with van der Waals surface area (Å²) in [5.74, 6) is 0.887. The summed E-state index contributed by atoms with van der Waals surface area (Å²) < 4.78 is 7.16. The Morgan fingerprint density at radius 3 is 2.45 bits per heavy atom. The summed E-state index contributed by atoms with van der Waals surface area (Å²) in [5.41, 5.74) is 3.35. The van der Waals surface area contributed by atoms with E-state index >= 15 is 0 Å². The summed E-state index contributed by atoms with van der Waals surface area (Å²) in [4.78, 5) is 27.0. The number of para-hydroxylation sites is 2. The average molecular weight is 415 g/mol. The van der Waals surface area contributed by atoms with Gasteiger partial charge in [-0.1, -0.05) is 50.2 Å². The Bertz CT molecular complexity index is 1260. The number of carbonyl (C=O) groups is 1. The van der Waals surface area contributed by atoms with E-state index in [1.54, 1.807) is 7.11 Å². The van der Waals surface area contributed by atoms with Crippen LogP contribution >= 0.6 is 0 Å². The van der Waals surface area contributed by atoms with Crippen LogP contribution in [0.2, 0.25) is 0 Å². The highest BCUT2D eigenvalue weighted by Gasteiger charge is 2.43. The fraction of sp³-hybridized carbons (Fsp3) is 0.280. The third-order valence-electron chi connectivity index (χ3n) is 6.16. The van der Waals surface area contributed by atoms with Crippen molar-refractivity contribution in [3.05, 3.63) is 87.3 Å². The van der Waals surface area contributed by atoms with Crippen molar-refractivity contribution in [2.45, 2.75) is 32.6 Å². The van der Waals surface area contributed by atoms with Crippen LogP contribution in [0.25, 0.3) is 5.69 Å². The SMILES string of the molecule is COc1ccccc1C1C2=C(CC(C)(C)CC2=O)Nc2[nH]n(-c3ccccc3)c(=O)c21. The number of Topliss-reactive ketones (excluding diaryl/α,β-unsaturated/α-hetero) is 1. The lowest BCUT2D eigenvalue weighted by atomic mass is 9.69. The Hall–Kier alpha value is -3.54. The second kappa shape index (κ2) is 7.01. The average Bonchev–Trinajstić information content (AvgIpc) is 3.08. The number of ether oxygens (including phenoxy) is 1. The normalized spacial score (nSPS) is 19.5. The summed E-state index contributed by atoms with van der Waals surface area (Å²) >= 11 is 0. The van der Waals surface area contributed by atoms with E-state index in [0.717, 1.165) is 23.4 Å². The van der Waals surface area contributed by atoms with Gasteiger partial charge >= 0.3 is 0 Å². The summed E-state index contributed by atoms with van der Waals surface area (Å²) in [6, 6.07) is 17.1. The lowest BCUT2D eigenvalue weighted by Crippen LogP contribution is -2.35. The lowest BCUT2D eigenvalue weighted by Gasteiger charge is -2.38. The quantitative estimate of drug-likeness (QED) is 0.666. The first-order chi connectivity index (χ1) is 14.9. The Kier molecular flexibility index (Phi) is 4.39. The molecule has 1 aliphatic carbocycles. The zero-order valence-electron chi connectivity index (χ0n) is 17.9. The van der Waals surface area contributed by atoms with Crippen LogP contribution in [0.3, 0.4) is 0 Å². The number of benzene rings is 2. The van der Waals surface area contributed by atoms with Crippen LogP contribution in [0, 0.1) is 5.41 Å². The Morgan fingerprint density at radius 1 is 1.00 bits per heavy atom. The van der Waals surface area contributed by atoms with Crippen molar-refractivity contribution in [3.63, 3.8) is 0 Å². The van der Waals surface area contributed by atoms with Crippen LogP contribution in [-0.4, -0.2) is 22.7 Å². The number of nitrogens with one attached hydrogen (secondary N) is 2. The van der Waals surface area contributed by atoms with Gasteiger partial charge < -0.3 is 10.1 Å². The molecule has 2 N–H and O–H groups in total. The van der Waals surface area contributed by atoms with Gasteiger partial charge in [-0.05, 0) is 30.0 Å². The number of hydrogen-bond acceptors (Lipinski definition) is 4. The van der Waals surface area contributed by atoms with Crippen LogP contribution in [0.1, 0.15) is 43.7 Å². The van der Waals surface area contributed by atoms with E-state index in [0.29, 0.717) is 29.1 Å². The number of anilines is 1. The number of aromatic amines is 1. The fourth-order valence-electron chi connectivity index (χ4n) is 4.86. The van der Waals surface area contributed by atoms with E-state index in [4.69, 9.17) is 4.74 Å². The van der Waals surface area contributed by atoms with Gasteiger partial charge in [0.15, 0.2) is 5.78 Å². The van der Waals surface area contributed by atoms with E-state index in [1.807, 2.05) is 54.6 Å². The minimum absolute atomic E-state index is 0.0761. The van der Waals surface area contributed by atoms with Crippen molar-refractivity contribution >= 4 is 11.6 Å². The Labute approximate surface area is 180 Å². The molecular weight excluding hydrogens is 390 g/mol. The molecule has 5 rings (SSSR count). The smallest absolute Gasteiger partial charge is 0.277 e. The van der Waals surface area contributed by atoms with Crippen LogP contribution in [-0.2, 0) is 4.79 Å². The van der Waals surface area contributed by atoms with Crippen molar-refractivity contribution in [2.24, 2.45) is 5.41 Å². The first kappa shape index (κ1) is 19.4. The number of ketones is 1. The summed E-state index contributed by atoms with van der Waals surface area (Å²) in [6.07, 6.45) is 1.18. The van der Waals surface area contributed by atoms with E-state index < -0.39 is 5.92 Å². The molecule has 0 saturated heterocycles. The van der Waals surface area contributed by atoms with E-state index in [-0.39, 0.29) is 16.8 Å². The number of fused-ring (bicyclic) bond motifs is 1. The second-order valence-corrected chi connectivity index (χ2v) is 9.01. The summed E-state index contributed by atoms with van der Waals surface area (Å²) in [6.45, 7) is 4.20. The first-order valence-corrected chi connectivity index (χ1v) is 10.5. The van der Waals surface area contributed by atoms with Gasteiger partial charge in [0, 0.05) is 23.3 Å². The zero-order chi connectivity index (χ0) is 21.8. The molecular formula is C25H25N3O3. The molecule has 2 heterocycles. The van der Waals surface area contributed by atoms with E-state index in [9.17, 15) is 9.59 Å². The Balaban J connectivity index is 1.78. The van der Waals surface area contributed by atoms with Gasteiger partial charge in [-0.2, -0.15) is 0 Å². The number of nitrogens with zero attached hydrogens (tertiary/aromatic N) is 1. The molecule has 0 radical (unpaired) electrons. The molecule has 1 unspecified atom stereocenters. The summed E-state index contributed by atoms with van der Waals surface area (Å²) in [5, 5.41) is 6.63. The maximum Gasteiger partial charge on any atom is 0.277 e. The molecule has 3 aromatic rings. The lowest BCUT2D eigenvalue weighted by molar-refractivity contribution is -0.118. The summed E-state index contributed by atoms with van der Waals surface area (Å²) in [7, 11) is 1.61. The highest BCUT2D eigenvalue weighted by Crippen LogP contribution is 2.49. The predicted octanol–water partition coefficient (Wildman–Crippen LogP) is 4.37. The van der Waals surface area contributed by atoms with Gasteiger partial charge in [0.25, 0.3) is 5.56 Å². The molecule has 2 aliphatic rings. The minimum atomic E-state index is -0.486. The topological polar surface area (TPSA) is 76.1 Å². The number of allylic oxidation sites excluding steroid dienone is 2. The van der Waals surface area contributed by atoms with Gasteiger partial charge in [-0.3, -0.25) is 14.7 Å². The molecule has 1 atom stereocenters. The van der Waals surface area contributed by atoms with Gasteiger partial charge in [-0.15, -0.1) is 0 Å². The van der Waals surface area contributed by atoms with Gasteiger partial charge in [-0.25, -0.2) is 4.68 Å². The van der Waals surface area contributed by atoms with Crippen LogP contribution in [0.4, 0.5) is 5.82 Å². The monoisotopic (exact) mass is 415 g/mol. The second-order valence-electron chi connectivity index (χ2n) is 9.01. The van der Waals surface area contributed by atoms with Crippen LogP contribution in [0.5, 0.6) is 5.75 Å². The minimum Gasteiger partial charge on any atom is -0.496 e. The highest BCUT2D eigenvalue weighted by atomic mass is 16.5. The fourth-order valence-corrected chi connectivity index (χ4v) is 4.86. The van der Waals surface area contributed by atoms with Gasteiger partial charge in [0.05, 0.1) is 24.3 Å². The number of hydrogen-bond donors (Lipinski definition) is 2. The molecule has 1 aromatic heterocycles.